The Balaban J connectivity index is 1.81. The summed E-state index contributed by atoms with van der Waals surface area (Å²) in [5, 5.41) is 2.05. The number of rotatable bonds is 3. The van der Waals surface area contributed by atoms with E-state index in [1.165, 1.54) is 22.6 Å². The normalized spacial score (nSPS) is 17.7. The fourth-order valence-electron chi connectivity index (χ4n) is 4.73. The molecule has 0 unspecified atom stereocenters. The van der Waals surface area contributed by atoms with Crippen LogP contribution < -0.4 is 15.2 Å². The SMILES string of the molecule is CC(=O)Oc1c2n(ccc1=O)N([C@H]1c3ccccc3CSc3c(Cl)cccc31)CN([C@H](C)C(F)(F)F)C2=O. The molecule has 0 spiro atoms. The number of aromatic nitrogens is 1. The number of hydrogen-bond acceptors (Lipinski definition) is 6. The van der Waals surface area contributed by atoms with Gasteiger partial charge in [0.25, 0.3) is 5.91 Å². The van der Waals surface area contributed by atoms with Crippen LogP contribution in [0.1, 0.15) is 47.1 Å². The monoisotopic (exact) mass is 563 g/mol. The van der Waals surface area contributed by atoms with Crippen LogP contribution in [-0.4, -0.2) is 40.3 Å². The number of fused-ring (bicyclic) bond motifs is 3. The number of carbonyl (C=O) groups excluding carboxylic acids is 2. The first-order chi connectivity index (χ1) is 18.0. The number of ether oxygens (including phenoxy) is 1. The van der Waals surface area contributed by atoms with Gasteiger partial charge in [-0.3, -0.25) is 24.1 Å². The maximum Gasteiger partial charge on any atom is 0.408 e. The molecule has 0 aliphatic carbocycles. The molecular formula is C26H21ClF3N3O4S. The fourth-order valence-corrected chi connectivity index (χ4v) is 6.19. The molecule has 2 aliphatic heterocycles. The summed E-state index contributed by atoms with van der Waals surface area (Å²) in [5.41, 5.74) is 1.19. The number of alkyl halides is 3. The fraction of sp³-hybridized carbons (Fsp3) is 0.269. The Morgan fingerprint density at radius 2 is 1.82 bits per heavy atom. The molecule has 7 nitrogen and oxygen atoms in total. The second kappa shape index (κ2) is 9.70. The van der Waals surface area contributed by atoms with Crippen molar-refractivity contribution in [2.75, 3.05) is 11.7 Å². The minimum Gasteiger partial charge on any atom is -0.420 e. The molecule has 2 atom stereocenters. The van der Waals surface area contributed by atoms with E-state index in [0.717, 1.165) is 41.5 Å². The topological polar surface area (TPSA) is 71.8 Å². The Morgan fingerprint density at radius 3 is 2.53 bits per heavy atom. The van der Waals surface area contributed by atoms with Crippen molar-refractivity contribution in [2.45, 2.75) is 42.8 Å². The van der Waals surface area contributed by atoms with Crippen LogP contribution in [0, 0.1) is 0 Å². The van der Waals surface area contributed by atoms with Crippen LogP contribution in [0.5, 0.6) is 5.75 Å². The summed E-state index contributed by atoms with van der Waals surface area (Å²) in [4.78, 5) is 39.4. The third-order valence-electron chi connectivity index (χ3n) is 6.57. The molecule has 0 bridgehead atoms. The van der Waals surface area contributed by atoms with Crippen molar-refractivity contribution >= 4 is 35.2 Å². The van der Waals surface area contributed by atoms with Gasteiger partial charge < -0.3 is 9.64 Å². The zero-order valence-electron chi connectivity index (χ0n) is 20.2. The van der Waals surface area contributed by atoms with Crippen LogP contribution in [0.3, 0.4) is 0 Å². The first-order valence-corrected chi connectivity index (χ1v) is 12.9. The van der Waals surface area contributed by atoms with E-state index in [0.29, 0.717) is 15.7 Å². The predicted octanol–water partition coefficient (Wildman–Crippen LogP) is 5.12. The van der Waals surface area contributed by atoms with E-state index in [9.17, 15) is 27.6 Å². The van der Waals surface area contributed by atoms with Crippen LogP contribution >= 0.6 is 23.4 Å². The van der Waals surface area contributed by atoms with Gasteiger partial charge in [0.2, 0.25) is 11.2 Å². The highest BCUT2D eigenvalue weighted by Crippen LogP contribution is 2.45. The van der Waals surface area contributed by atoms with E-state index in [1.54, 1.807) is 17.1 Å². The van der Waals surface area contributed by atoms with E-state index in [-0.39, 0.29) is 0 Å². The molecule has 0 saturated heterocycles. The predicted molar refractivity (Wildman–Crippen MR) is 136 cm³/mol. The summed E-state index contributed by atoms with van der Waals surface area (Å²) >= 11 is 8.08. The van der Waals surface area contributed by atoms with E-state index in [4.69, 9.17) is 16.3 Å². The Hall–Kier alpha value is -3.44. The van der Waals surface area contributed by atoms with Crippen molar-refractivity contribution in [3.8, 4) is 5.75 Å². The maximum absolute atomic E-state index is 14.0. The van der Waals surface area contributed by atoms with Crippen LogP contribution in [0.15, 0.2) is 64.4 Å². The number of amides is 1. The van der Waals surface area contributed by atoms with Gasteiger partial charge in [-0.1, -0.05) is 48.0 Å². The number of carbonyl (C=O) groups is 2. The molecule has 38 heavy (non-hydrogen) atoms. The van der Waals surface area contributed by atoms with E-state index in [2.05, 4.69) is 0 Å². The molecule has 3 heterocycles. The first kappa shape index (κ1) is 26.2. The number of esters is 1. The number of nitrogens with zero attached hydrogens (tertiary/aromatic N) is 3. The van der Waals surface area contributed by atoms with E-state index < -0.39 is 53.7 Å². The zero-order valence-corrected chi connectivity index (χ0v) is 21.7. The summed E-state index contributed by atoms with van der Waals surface area (Å²) in [6.07, 6.45) is -3.44. The highest BCUT2D eigenvalue weighted by Gasteiger charge is 2.48. The van der Waals surface area contributed by atoms with Gasteiger partial charge in [0.1, 0.15) is 12.7 Å². The third-order valence-corrected chi connectivity index (χ3v) is 8.20. The minimum absolute atomic E-state index is 0.465. The average molecular weight is 564 g/mol. The number of halogens is 4. The standard InChI is InChI=1S/C26H21ClF3N3O4S/c1-14(26(28,29)30)31-13-33(32-11-10-20(35)23(37-15(2)34)22(32)25(31)36)21-17-7-4-3-6-16(17)12-38-24-18(21)8-5-9-19(24)27/h3-11,14,21H,12-13H2,1-2H3/t14-,21+/m1/s1. The van der Waals surface area contributed by atoms with Gasteiger partial charge in [0.15, 0.2) is 5.69 Å². The number of benzene rings is 2. The quantitative estimate of drug-likeness (QED) is 0.412. The summed E-state index contributed by atoms with van der Waals surface area (Å²) in [6.45, 7) is 1.45. The molecule has 2 aliphatic rings. The molecule has 5 rings (SSSR count). The van der Waals surface area contributed by atoms with Crippen molar-refractivity contribution in [1.29, 1.82) is 0 Å². The molecule has 1 amide bonds. The zero-order chi connectivity index (χ0) is 27.4. The molecular weight excluding hydrogens is 543 g/mol. The highest BCUT2D eigenvalue weighted by molar-refractivity contribution is 7.98. The Bertz CT molecular complexity index is 1510. The molecule has 1 aromatic heterocycles. The van der Waals surface area contributed by atoms with Gasteiger partial charge in [-0.15, -0.1) is 11.8 Å². The van der Waals surface area contributed by atoms with Crippen molar-refractivity contribution < 1.29 is 27.5 Å². The van der Waals surface area contributed by atoms with Gasteiger partial charge in [-0.05, 0) is 29.7 Å². The van der Waals surface area contributed by atoms with Gasteiger partial charge in [-0.25, -0.2) is 0 Å². The summed E-state index contributed by atoms with van der Waals surface area (Å²) in [5.74, 6) is -2.03. The molecule has 0 saturated carbocycles. The van der Waals surface area contributed by atoms with Crippen molar-refractivity contribution in [1.82, 2.24) is 9.58 Å². The molecule has 198 valence electrons. The molecule has 0 radical (unpaired) electrons. The van der Waals surface area contributed by atoms with Gasteiger partial charge in [0.05, 0.1) is 11.1 Å². The number of hydrogen-bond donors (Lipinski definition) is 0. The van der Waals surface area contributed by atoms with E-state index >= 15 is 0 Å². The molecule has 0 N–H and O–H groups in total. The Kier molecular flexibility index (Phi) is 6.68. The number of thioether (sulfide) groups is 1. The molecule has 2 aromatic carbocycles. The van der Waals surface area contributed by atoms with E-state index in [1.807, 2.05) is 30.3 Å². The summed E-state index contributed by atoms with van der Waals surface area (Å²) in [6, 6.07) is 11.1. The second-order valence-electron chi connectivity index (χ2n) is 8.92. The van der Waals surface area contributed by atoms with Gasteiger partial charge >= 0.3 is 12.1 Å². The third kappa shape index (κ3) is 4.43. The smallest absolute Gasteiger partial charge is 0.408 e. The second-order valence-corrected chi connectivity index (χ2v) is 10.3. The maximum atomic E-state index is 14.0. The van der Waals surface area contributed by atoms with Crippen molar-refractivity contribution in [2.24, 2.45) is 0 Å². The van der Waals surface area contributed by atoms with Crippen LogP contribution in [0.25, 0.3) is 0 Å². The Morgan fingerprint density at radius 1 is 1.11 bits per heavy atom. The lowest BCUT2D eigenvalue weighted by molar-refractivity contribution is -0.173. The van der Waals surface area contributed by atoms with Crippen molar-refractivity contribution in [3.05, 3.63) is 92.4 Å². The van der Waals surface area contributed by atoms with Crippen molar-refractivity contribution in [3.63, 3.8) is 0 Å². The minimum atomic E-state index is -4.75. The lowest BCUT2D eigenvalue weighted by Crippen LogP contribution is -2.60. The molecule has 0 fully saturated rings. The van der Waals surface area contributed by atoms with Gasteiger partial charge in [-0.2, -0.15) is 13.2 Å². The van der Waals surface area contributed by atoms with Gasteiger partial charge in [0, 0.05) is 29.8 Å². The van der Waals surface area contributed by atoms with Crippen LogP contribution in [0.4, 0.5) is 13.2 Å². The van der Waals surface area contributed by atoms with Crippen LogP contribution in [0.2, 0.25) is 5.02 Å². The molecule has 12 heteroatoms. The summed E-state index contributed by atoms with van der Waals surface area (Å²) in [7, 11) is 0. The van der Waals surface area contributed by atoms with Crippen LogP contribution in [-0.2, 0) is 10.5 Å². The lowest BCUT2D eigenvalue weighted by Gasteiger charge is -2.46. The average Bonchev–Trinajstić information content (AvgIpc) is 3.02. The largest absolute Gasteiger partial charge is 0.420 e. The first-order valence-electron chi connectivity index (χ1n) is 11.6. The Labute approximate surface area is 224 Å². The summed E-state index contributed by atoms with van der Waals surface area (Å²) < 4.78 is 48.3. The lowest BCUT2D eigenvalue weighted by atomic mass is 9.94. The highest BCUT2D eigenvalue weighted by atomic mass is 35.5. The number of pyridine rings is 1. The molecule has 3 aromatic rings.